The molecule has 0 unspecified atom stereocenters. The second kappa shape index (κ2) is 12.8. The zero-order chi connectivity index (χ0) is 41.6. The summed E-state index contributed by atoms with van der Waals surface area (Å²) in [7, 11) is 0. The lowest BCUT2D eigenvalue weighted by atomic mass is 9.73. The first kappa shape index (κ1) is 35.2. The van der Waals surface area contributed by atoms with Crippen molar-refractivity contribution in [3.63, 3.8) is 0 Å². The maximum Gasteiger partial charge on any atom is 0.163 e. The van der Waals surface area contributed by atoms with Gasteiger partial charge in [0, 0.05) is 53.0 Å². The van der Waals surface area contributed by atoms with Gasteiger partial charge in [-0.05, 0) is 81.2 Å². The van der Waals surface area contributed by atoms with Crippen molar-refractivity contribution in [3.8, 4) is 17.2 Å². The molecular formula is C57H36N4S2. The Morgan fingerprint density at radius 3 is 1.98 bits per heavy atom. The monoisotopic (exact) mass is 840 g/mol. The van der Waals surface area contributed by atoms with E-state index in [2.05, 4.69) is 205 Å². The van der Waals surface area contributed by atoms with Crippen molar-refractivity contribution in [2.75, 3.05) is 4.90 Å². The van der Waals surface area contributed by atoms with Crippen molar-refractivity contribution in [2.24, 2.45) is 0 Å². The lowest BCUT2D eigenvalue weighted by Crippen LogP contribution is -2.30. The zero-order valence-corrected chi connectivity index (χ0v) is 36.1. The van der Waals surface area contributed by atoms with Gasteiger partial charge in [-0.3, -0.25) is 4.57 Å². The van der Waals surface area contributed by atoms with Gasteiger partial charge in [-0.25, -0.2) is 9.97 Å². The van der Waals surface area contributed by atoms with E-state index in [0.717, 1.165) is 38.5 Å². The van der Waals surface area contributed by atoms with E-state index in [0.29, 0.717) is 5.82 Å². The average molecular weight is 841 g/mol. The average Bonchev–Trinajstić information content (AvgIpc) is 4.01. The first-order valence-corrected chi connectivity index (χ1v) is 23.1. The topological polar surface area (TPSA) is 34.0 Å². The molecule has 6 heteroatoms. The fourth-order valence-electron chi connectivity index (χ4n) is 10.7. The fourth-order valence-corrected chi connectivity index (χ4v) is 13.0. The van der Waals surface area contributed by atoms with Gasteiger partial charge in [0.05, 0.1) is 32.5 Å². The van der Waals surface area contributed by atoms with Crippen LogP contribution in [0, 0.1) is 0 Å². The Labute approximate surface area is 370 Å². The van der Waals surface area contributed by atoms with Crippen molar-refractivity contribution in [1.82, 2.24) is 14.5 Å². The van der Waals surface area contributed by atoms with Crippen molar-refractivity contribution >= 4 is 124 Å². The van der Waals surface area contributed by atoms with Crippen LogP contribution in [0.15, 0.2) is 182 Å². The number of benzene rings is 9. The minimum absolute atomic E-state index is 0.218. The molecule has 1 aliphatic heterocycles. The van der Waals surface area contributed by atoms with Crippen molar-refractivity contribution in [2.45, 2.75) is 19.3 Å². The fraction of sp³-hybridized carbons (Fsp3) is 0.0526. The Kier molecular flexibility index (Phi) is 7.18. The highest BCUT2D eigenvalue weighted by molar-refractivity contribution is 7.27. The maximum atomic E-state index is 5.79. The predicted molar refractivity (Wildman–Crippen MR) is 269 cm³/mol. The predicted octanol–water partition coefficient (Wildman–Crippen LogP) is 16.4. The smallest absolute Gasteiger partial charge is 0.163 e. The Hall–Kier alpha value is -7.38. The first-order chi connectivity index (χ1) is 31.0. The molecule has 0 bridgehead atoms. The van der Waals surface area contributed by atoms with Gasteiger partial charge in [-0.1, -0.05) is 147 Å². The molecule has 4 aromatic heterocycles. The summed E-state index contributed by atoms with van der Waals surface area (Å²) < 4.78 is 6.24. The van der Waals surface area contributed by atoms with Crippen LogP contribution in [0.2, 0.25) is 0 Å². The summed E-state index contributed by atoms with van der Waals surface area (Å²) in [5.41, 5.74) is 9.12. The number of thiophene rings is 2. The number of rotatable bonds is 3. The Bertz CT molecular complexity index is 4080. The van der Waals surface area contributed by atoms with Crippen LogP contribution in [-0.4, -0.2) is 14.5 Å². The quantitative estimate of drug-likeness (QED) is 0.178. The van der Waals surface area contributed by atoms with Gasteiger partial charge in [0.1, 0.15) is 4.83 Å². The van der Waals surface area contributed by atoms with Gasteiger partial charge < -0.3 is 4.90 Å². The van der Waals surface area contributed by atoms with Crippen LogP contribution in [0.4, 0.5) is 17.1 Å². The molecular weight excluding hydrogens is 805 g/mol. The minimum Gasteiger partial charge on any atom is -0.310 e. The van der Waals surface area contributed by atoms with Gasteiger partial charge in [0.25, 0.3) is 0 Å². The maximum absolute atomic E-state index is 5.79. The minimum atomic E-state index is -0.218. The molecule has 0 fully saturated rings. The highest BCUT2D eigenvalue weighted by atomic mass is 32.1. The first-order valence-electron chi connectivity index (χ1n) is 21.5. The molecule has 1 aliphatic rings. The second-order valence-electron chi connectivity index (χ2n) is 17.3. The van der Waals surface area contributed by atoms with E-state index in [1.807, 2.05) is 11.3 Å². The van der Waals surface area contributed by atoms with Gasteiger partial charge in [0.2, 0.25) is 0 Å². The molecule has 9 aromatic carbocycles. The Morgan fingerprint density at radius 1 is 0.476 bits per heavy atom. The zero-order valence-electron chi connectivity index (χ0n) is 34.4. The number of anilines is 3. The largest absolute Gasteiger partial charge is 0.310 e. The van der Waals surface area contributed by atoms with Crippen LogP contribution in [0.1, 0.15) is 25.0 Å². The molecule has 0 saturated heterocycles. The van der Waals surface area contributed by atoms with Crippen LogP contribution in [0.25, 0.3) is 101 Å². The SMILES string of the molecule is CC1(C)c2ccccc2N(c2ccccc2)c2cc(-c3nc(-n4c5ccccc5c5c6ccccc6c6c7cc8ccccc8cc7sc6c54)c4c(n3)sc3ccccc34)ccc21. The van der Waals surface area contributed by atoms with E-state index in [9.17, 15) is 0 Å². The van der Waals surface area contributed by atoms with E-state index in [1.165, 1.54) is 84.9 Å². The molecule has 4 nitrogen and oxygen atoms in total. The summed E-state index contributed by atoms with van der Waals surface area (Å²) in [6.07, 6.45) is 0. The second-order valence-corrected chi connectivity index (χ2v) is 19.4. The van der Waals surface area contributed by atoms with Crippen molar-refractivity contribution < 1.29 is 0 Å². The normalized spacial score (nSPS) is 13.7. The van der Waals surface area contributed by atoms with Crippen LogP contribution < -0.4 is 4.90 Å². The molecule has 63 heavy (non-hydrogen) atoms. The van der Waals surface area contributed by atoms with E-state index in [4.69, 9.17) is 9.97 Å². The van der Waals surface area contributed by atoms with Crippen LogP contribution >= 0.6 is 22.7 Å². The molecule has 0 N–H and O–H groups in total. The summed E-state index contributed by atoms with van der Waals surface area (Å²) in [6.45, 7) is 4.68. The van der Waals surface area contributed by atoms with E-state index in [-0.39, 0.29) is 5.41 Å². The Morgan fingerprint density at radius 2 is 1.14 bits per heavy atom. The molecule has 0 spiro atoms. The van der Waals surface area contributed by atoms with Crippen LogP contribution in [0.5, 0.6) is 0 Å². The molecule has 0 saturated carbocycles. The lowest BCUT2D eigenvalue weighted by Gasteiger charge is -2.42. The number of fused-ring (bicyclic) bond motifs is 16. The van der Waals surface area contributed by atoms with Crippen molar-refractivity contribution in [3.05, 3.63) is 193 Å². The summed E-state index contributed by atoms with van der Waals surface area (Å²) >= 11 is 3.65. The number of hydrogen-bond donors (Lipinski definition) is 0. The molecule has 5 heterocycles. The Balaban J connectivity index is 1.12. The number of hydrogen-bond acceptors (Lipinski definition) is 5. The van der Waals surface area contributed by atoms with E-state index >= 15 is 0 Å². The summed E-state index contributed by atoms with van der Waals surface area (Å²) in [6, 6.07) is 66.6. The van der Waals surface area contributed by atoms with E-state index in [1.54, 1.807) is 11.3 Å². The van der Waals surface area contributed by atoms with Crippen LogP contribution in [-0.2, 0) is 5.41 Å². The number of aromatic nitrogens is 3. The molecule has 0 amide bonds. The number of nitrogens with zero attached hydrogens (tertiary/aromatic N) is 4. The summed E-state index contributed by atoms with van der Waals surface area (Å²) in [5, 5.41) is 12.4. The van der Waals surface area contributed by atoms with Crippen LogP contribution in [0.3, 0.4) is 0 Å². The molecule has 296 valence electrons. The van der Waals surface area contributed by atoms with E-state index < -0.39 is 0 Å². The standard InChI is InChI=1S/C57H36N4S2/c1-57(2)42-24-12-14-26-45(42)60(36-18-4-3-5-19-36)46-31-35(28-29-43(46)57)54-58-55(51-40-23-11-15-27-47(40)63-56(51)59-54)61-44-25-13-10-22-39(44)49-37-20-8-9-21-38(37)50-41-30-33-16-6-7-17-34(33)32-48(41)62-53(50)52(49)61/h3-32H,1-2H3. The molecule has 13 aromatic rings. The van der Waals surface area contributed by atoms with Crippen molar-refractivity contribution in [1.29, 1.82) is 0 Å². The molecule has 0 atom stereocenters. The molecule has 14 rings (SSSR count). The van der Waals surface area contributed by atoms with Gasteiger partial charge in [-0.2, -0.15) is 0 Å². The van der Waals surface area contributed by atoms with Gasteiger partial charge in [0.15, 0.2) is 11.6 Å². The number of para-hydroxylation sites is 3. The third-order valence-electron chi connectivity index (χ3n) is 13.5. The third-order valence-corrected chi connectivity index (χ3v) is 15.8. The van der Waals surface area contributed by atoms with Gasteiger partial charge in [-0.15, -0.1) is 22.7 Å². The lowest BCUT2D eigenvalue weighted by molar-refractivity contribution is 0.632. The summed E-state index contributed by atoms with van der Waals surface area (Å²) in [5.74, 6) is 1.61. The molecule has 0 radical (unpaired) electrons. The summed E-state index contributed by atoms with van der Waals surface area (Å²) in [4.78, 5) is 14.7. The third kappa shape index (κ3) is 4.85. The molecule has 0 aliphatic carbocycles. The van der Waals surface area contributed by atoms with Gasteiger partial charge >= 0.3 is 0 Å². The highest BCUT2D eigenvalue weighted by Gasteiger charge is 2.37. The highest BCUT2D eigenvalue weighted by Crippen LogP contribution is 2.53.